The van der Waals surface area contributed by atoms with E-state index in [9.17, 15) is 8.42 Å². The second-order valence-electron chi connectivity index (χ2n) is 3.82. The topological polar surface area (TPSA) is 97.0 Å². The molecular weight excluding hydrogens is 268 g/mol. The predicted molar refractivity (Wildman–Crippen MR) is 69.5 cm³/mol. The predicted octanol–water partition coefficient (Wildman–Crippen LogP) is 1.31. The fourth-order valence-corrected chi connectivity index (χ4v) is 2.52. The molecule has 7 nitrogen and oxygen atoms in total. The van der Waals surface area contributed by atoms with Crippen molar-refractivity contribution < 1.29 is 13.2 Å². The molecule has 0 spiro atoms. The van der Waals surface area contributed by atoms with Crippen molar-refractivity contribution in [3.8, 4) is 6.01 Å². The van der Waals surface area contributed by atoms with E-state index in [-0.39, 0.29) is 16.9 Å². The lowest BCUT2D eigenvalue weighted by Crippen LogP contribution is -2.14. The summed E-state index contributed by atoms with van der Waals surface area (Å²) in [6, 6.07) is 6.68. The minimum Gasteiger partial charge on any atom is -0.463 e. The highest BCUT2D eigenvalue weighted by Crippen LogP contribution is 2.15. The highest BCUT2D eigenvalue weighted by molar-refractivity contribution is 7.92. The zero-order chi connectivity index (χ0) is 13.9. The number of rotatable bonds is 5. The molecule has 8 heteroatoms. The van der Waals surface area contributed by atoms with Crippen LogP contribution in [0.4, 0.5) is 5.95 Å². The van der Waals surface area contributed by atoms with Gasteiger partial charge in [0.25, 0.3) is 10.0 Å². The standard InChI is InChI=1S/C11H14N4O3S/c1-3-18-11-12-10(13-14-11)15-19(16,17)9-6-4-5-8(2)7-9/h4-7H,3H2,1-2H3,(H2,12,13,14,15). The number of aromatic nitrogens is 3. The lowest BCUT2D eigenvalue weighted by atomic mass is 10.2. The van der Waals surface area contributed by atoms with Crippen LogP contribution in [0.2, 0.25) is 0 Å². The molecule has 0 amide bonds. The van der Waals surface area contributed by atoms with E-state index in [4.69, 9.17) is 4.74 Å². The lowest BCUT2D eigenvalue weighted by molar-refractivity contribution is 0.314. The number of nitrogens with one attached hydrogen (secondary N) is 2. The maximum absolute atomic E-state index is 12.1. The summed E-state index contributed by atoms with van der Waals surface area (Å²) in [4.78, 5) is 4.02. The molecule has 0 saturated carbocycles. The Kier molecular flexibility index (Phi) is 3.70. The van der Waals surface area contributed by atoms with E-state index >= 15 is 0 Å². The van der Waals surface area contributed by atoms with Crippen molar-refractivity contribution in [2.45, 2.75) is 18.7 Å². The summed E-state index contributed by atoms with van der Waals surface area (Å²) < 4.78 is 31.5. The SMILES string of the molecule is CCOc1n[nH]c(NS(=O)(=O)c2cccc(C)c2)n1. The molecule has 102 valence electrons. The van der Waals surface area contributed by atoms with E-state index in [1.165, 1.54) is 6.07 Å². The van der Waals surface area contributed by atoms with Crippen LogP contribution in [0.5, 0.6) is 6.01 Å². The van der Waals surface area contributed by atoms with Crippen molar-refractivity contribution in [1.82, 2.24) is 15.2 Å². The number of anilines is 1. The normalized spacial score (nSPS) is 11.3. The first-order valence-corrected chi connectivity index (χ1v) is 7.14. The van der Waals surface area contributed by atoms with Crippen LogP contribution >= 0.6 is 0 Å². The van der Waals surface area contributed by atoms with Crippen molar-refractivity contribution in [3.05, 3.63) is 29.8 Å². The summed E-state index contributed by atoms with van der Waals surface area (Å²) in [6.07, 6.45) is 0. The molecule has 0 aliphatic rings. The van der Waals surface area contributed by atoms with Gasteiger partial charge in [-0.3, -0.25) is 0 Å². The summed E-state index contributed by atoms with van der Waals surface area (Å²) in [7, 11) is -3.68. The summed E-state index contributed by atoms with van der Waals surface area (Å²) in [5, 5.41) is 6.17. The molecule has 1 heterocycles. The number of ether oxygens (including phenoxy) is 1. The van der Waals surface area contributed by atoms with E-state index in [1.807, 2.05) is 13.0 Å². The first kappa shape index (κ1) is 13.3. The van der Waals surface area contributed by atoms with Gasteiger partial charge >= 0.3 is 6.01 Å². The van der Waals surface area contributed by atoms with Gasteiger partial charge in [-0.2, -0.15) is 4.98 Å². The molecule has 2 aromatic rings. The van der Waals surface area contributed by atoms with Gasteiger partial charge < -0.3 is 4.74 Å². The van der Waals surface area contributed by atoms with Crippen molar-refractivity contribution in [2.24, 2.45) is 0 Å². The Balaban J connectivity index is 2.21. The first-order valence-electron chi connectivity index (χ1n) is 5.66. The van der Waals surface area contributed by atoms with Crippen LogP contribution in [-0.4, -0.2) is 30.2 Å². The monoisotopic (exact) mass is 282 g/mol. The molecule has 2 N–H and O–H groups in total. The van der Waals surface area contributed by atoms with Crippen LogP contribution in [0.1, 0.15) is 12.5 Å². The molecule has 1 aromatic carbocycles. The fraction of sp³-hybridized carbons (Fsp3) is 0.273. The average Bonchev–Trinajstić information content (AvgIpc) is 2.76. The van der Waals surface area contributed by atoms with E-state index in [0.29, 0.717) is 6.61 Å². The zero-order valence-corrected chi connectivity index (χ0v) is 11.4. The maximum atomic E-state index is 12.1. The molecule has 2 rings (SSSR count). The third-order valence-corrected chi connectivity index (χ3v) is 3.61. The van der Waals surface area contributed by atoms with Gasteiger partial charge in [-0.15, -0.1) is 5.10 Å². The second-order valence-corrected chi connectivity index (χ2v) is 5.50. The number of benzene rings is 1. The summed E-state index contributed by atoms with van der Waals surface area (Å²) in [6.45, 7) is 4.01. The van der Waals surface area contributed by atoms with Crippen LogP contribution < -0.4 is 9.46 Å². The molecule has 0 saturated heterocycles. The Morgan fingerprint density at radius 1 is 1.42 bits per heavy atom. The molecule has 0 atom stereocenters. The van der Waals surface area contributed by atoms with Gasteiger partial charge in [0.2, 0.25) is 5.95 Å². The van der Waals surface area contributed by atoms with Crippen LogP contribution in [0.3, 0.4) is 0 Å². The summed E-state index contributed by atoms with van der Waals surface area (Å²) >= 11 is 0. The fourth-order valence-electron chi connectivity index (χ4n) is 1.45. The van der Waals surface area contributed by atoms with E-state index in [1.54, 1.807) is 19.1 Å². The molecule has 1 aromatic heterocycles. The first-order chi connectivity index (χ1) is 9.01. The summed E-state index contributed by atoms with van der Waals surface area (Å²) in [5.74, 6) is 0.0185. The van der Waals surface area contributed by atoms with Gasteiger partial charge in [-0.25, -0.2) is 18.2 Å². The Hall–Kier alpha value is -2.09. The zero-order valence-electron chi connectivity index (χ0n) is 10.5. The molecule has 0 bridgehead atoms. The Labute approximate surface area is 111 Å². The van der Waals surface area contributed by atoms with Gasteiger partial charge in [0.1, 0.15) is 0 Å². The third kappa shape index (κ3) is 3.22. The molecule has 0 radical (unpaired) electrons. The largest absolute Gasteiger partial charge is 0.463 e. The molecule has 19 heavy (non-hydrogen) atoms. The maximum Gasteiger partial charge on any atom is 0.337 e. The molecule has 0 aliphatic heterocycles. The highest BCUT2D eigenvalue weighted by atomic mass is 32.2. The minimum absolute atomic E-state index is 0.0185. The van der Waals surface area contributed by atoms with Crippen molar-refractivity contribution in [2.75, 3.05) is 11.3 Å². The number of sulfonamides is 1. The smallest absolute Gasteiger partial charge is 0.337 e. The van der Waals surface area contributed by atoms with Crippen molar-refractivity contribution in [1.29, 1.82) is 0 Å². The molecule has 0 fully saturated rings. The molecule has 0 aliphatic carbocycles. The lowest BCUT2D eigenvalue weighted by Gasteiger charge is -2.05. The van der Waals surface area contributed by atoms with Gasteiger partial charge in [0, 0.05) is 0 Å². The minimum atomic E-state index is -3.68. The quantitative estimate of drug-likeness (QED) is 0.861. The molecular formula is C11H14N4O3S. The van der Waals surface area contributed by atoms with E-state index < -0.39 is 10.0 Å². The van der Waals surface area contributed by atoms with E-state index in [2.05, 4.69) is 19.9 Å². The van der Waals surface area contributed by atoms with Gasteiger partial charge in [0.15, 0.2) is 0 Å². The van der Waals surface area contributed by atoms with Crippen LogP contribution in [0.25, 0.3) is 0 Å². The molecule has 0 unspecified atom stereocenters. The van der Waals surface area contributed by atoms with Crippen LogP contribution in [0.15, 0.2) is 29.2 Å². The average molecular weight is 282 g/mol. The number of hydrogen-bond donors (Lipinski definition) is 2. The number of H-pyrrole nitrogens is 1. The summed E-state index contributed by atoms with van der Waals surface area (Å²) in [5.41, 5.74) is 0.857. The third-order valence-electron chi connectivity index (χ3n) is 2.27. The number of nitrogens with zero attached hydrogens (tertiary/aromatic N) is 2. The van der Waals surface area contributed by atoms with Gasteiger partial charge in [0.05, 0.1) is 11.5 Å². The Morgan fingerprint density at radius 2 is 2.21 bits per heavy atom. The van der Waals surface area contributed by atoms with Crippen LogP contribution in [0, 0.1) is 6.92 Å². The number of aromatic amines is 1. The van der Waals surface area contributed by atoms with E-state index in [0.717, 1.165) is 5.56 Å². The number of aryl methyl sites for hydroxylation is 1. The van der Waals surface area contributed by atoms with Gasteiger partial charge in [-0.05, 0) is 31.5 Å². The van der Waals surface area contributed by atoms with Crippen molar-refractivity contribution in [3.63, 3.8) is 0 Å². The Morgan fingerprint density at radius 3 is 2.89 bits per heavy atom. The second kappa shape index (κ2) is 5.27. The highest BCUT2D eigenvalue weighted by Gasteiger charge is 2.16. The van der Waals surface area contributed by atoms with Crippen molar-refractivity contribution >= 4 is 16.0 Å². The number of hydrogen-bond acceptors (Lipinski definition) is 5. The Bertz CT molecular complexity index is 666. The van der Waals surface area contributed by atoms with Gasteiger partial charge in [-0.1, -0.05) is 12.1 Å². The van der Waals surface area contributed by atoms with Crippen LogP contribution in [-0.2, 0) is 10.0 Å².